The quantitative estimate of drug-likeness (QED) is 0.321. The summed E-state index contributed by atoms with van der Waals surface area (Å²) in [6, 6.07) is 5.43. The zero-order chi connectivity index (χ0) is 26.4. The van der Waals surface area contributed by atoms with Gasteiger partial charge in [0.05, 0.1) is 23.7 Å². The number of hydrogen-bond donors (Lipinski definition) is 5. The first-order valence-corrected chi connectivity index (χ1v) is 13.0. The third-order valence-corrected chi connectivity index (χ3v) is 10.1. The number of nitrogens with one attached hydrogen (secondary N) is 1. The van der Waals surface area contributed by atoms with E-state index in [1.54, 1.807) is 26.1 Å². The van der Waals surface area contributed by atoms with Gasteiger partial charge in [-0.05, 0) is 66.2 Å². The Morgan fingerprint density at radius 3 is 2.56 bits per heavy atom. The molecular weight excluding hydrogens is 458 g/mol. The molecule has 1 aromatic carbocycles. The van der Waals surface area contributed by atoms with Gasteiger partial charge in [0, 0.05) is 18.7 Å². The van der Waals surface area contributed by atoms with E-state index in [0.29, 0.717) is 22.7 Å². The lowest BCUT2D eigenvalue weighted by atomic mass is 9.58. The molecule has 1 spiro atoms. The summed E-state index contributed by atoms with van der Waals surface area (Å²) in [5.74, 6) is -0.647. The van der Waals surface area contributed by atoms with E-state index in [9.17, 15) is 25.2 Å². The molecule has 2 bridgehead atoms. The predicted molar refractivity (Wildman–Crippen MR) is 136 cm³/mol. The average Bonchev–Trinajstić information content (AvgIpc) is 3.32. The van der Waals surface area contributed by atoms with Crippen LogP contribution in [0.4, 0.5) is 5.69 Å². The molecule has 0 aromatic heterocycles. The molecule has 7 heteroatoms. The molecule has 9 atom stereocenters. The lowest BCUT2D eigenvalue weighted by Gasteiger charge is -2.52. The zero-order valence-electron chi connectivity index (χ0n) is 21.9. The Morgan fingerprint density at radius 1 is 1.22 bits per heavy atom. The third-order valence-electron chi connectivity index (χ3n) is 10.1. The Morgan fingerprint density at radius 2 is 1.92 bits per heavy atom. The van der Waals surface area contributed by atoms with Gasteiger partial charge < -0.3 is 30.5 Å². The van der Waals surface area contributed by atoms with Crippen LogP contribution in [0.2, 0.25) is 0 Å². The summed E-state index contributed by atoms with van der Waals surface area (Å²) in [4.78, 5) is 13.5. The summed E-state index contributed by atoms with van der Waals surface area (Å²) < 4.78 is 6.05. The van der Waals surface area contributed by atoms with Crippen LogP contribution in [0.15, 0.2) is 41.5 Å². The van der Waals surface area contributed by atoms with Crippen molar-refractivity contribution in [3.05, 3.63) is 52.6 Å². The summed E-state index contributed by atoms with van der Waals surface area (Å²) in [6.45, 7) is 9.52. The van der Waals surface area contributed by atoms with Crippen molar-refractivity contribution in [2.24, 2.45) is 34.5 Å². The van der Waals surface area contributed by atoms with Gasteiger partial charge in [0.25, 0.3) is 0 Å². The zero-order valence-corrected chi connectivity index (χ0v) is 21.9. The molecule has 0 heterocycles. The number of anilines is 1. The van der Waals surface area contributed by atoms with Crippen LogP contribution in [-0.2, 0) is 4.74 Å². The van der Waals surface area contributed by atoms with E-state index < -0.39 is 41.9 Å². The fourth-order valence-corrected chi connectivity index (χ4v) is 8.22. The van der Waals surface area contributed by atoms with Crippen LogP contribution in [0, 0.1) is 41.4 Å². The second kappa shape index (κ2) is 8.15. The van der Waals surface area contributed by atoms with Crippen molar-refractivity contribution in [1.82, 2.24) is 0 Å². The molecule has 7 nitrogen and oxygen atoms in total. The molecule has 2 saturated carbocycles. The molecular formula is C29H39NO6. The van der Waals surface area contributed by atoms with Crippen molar-refractivity contribution in [2.75, 3.05) is 19.0 Å². The number of carbonyl (C=O) groups excluding carboxylic acids is 1. The summed E-state index contributed by atoms with van der Waals surface area (Å²) in [5.41, 5.74) is -0.755. The van der Waals surface area contributed by atoms with E-state index in [2.05, 4.69) is 19.2 Å². The molecule has 0 aliphatic heterocycles. The third kappa shape index (κ3) is 3.03. The van der Waals surface area contributed by atoms with Crippen LogP contribution in [0.3, 0.4) is 0 Å². The van der Waals surface area contributed by atoms with E-state index in [4.69, 9.17) is 4.74 Å². The molecule has 196 valence electrons. The van der Waals surface area contributed by atoms with E-state index in [1.165, 1.54) is 0 Å². The molecule has 1 aromatic rings. The fraction of sp³-hybridized carbons (Fsp3) is 0.621. The van der Waals surface area contributed by atoms with Crippen LogP contribution in [-0.4, -0.2) is 64.0 Å². The van der Waals surface area contributed by atoms with Crippen LogP contribution in [0.25, 0.3) is 0 Å². The molecule has 5 N–H and O–H groups in total. The molecule has 0 amide bonds. The number of aliphatic hydroxyl groups excluding tert-OH is 3. The number of ether oxygens (including phenoxy) is 1. The van der Waals surface area contributed by atoms with Gasteiger partial charge in [0.2, 0.25) is 0 Å². The van der Waals surface area contributed by atoms with Gasteiger partial charge in [0.15, 0.2) is 6.10 Å². The number of fused-ring (bicyclic) bond motifs is 3. The van der Waals surface area contributed by atoms with Crippen molar-refractivity contribution in [3.8, 4) is 0 Å². The minimum Gasteiger partial charge on any atom is -0.451 e. The first kappa shape index (κ1) is 25.5. The second-order valence-electron chi connectivity index (χ2n) is 12.1. The minimum atomic E-state index is -2.04. The number of aryl methyl sites for hydroxylation is 1. The van der Waals surface area contributed by atoms with Crippen molar-refractivity contribution < 1.29 is 30.0 Å². The molecule has 36 heavy (non-hydrogen) atoms. The standard InChI is InChI=1S/C29H39NO6/c1-14-8-7-9-20(30-6)21(14)26(34)36-25-15(2)12-28-16(3)10-19-22(27(19,4)5)18(24(28)33)11-17(13-31)23(32)29(25,28)35/h7-9,11-12,16,18-19,22-25,30-33,35H,10,13H2,1-6H3. The summed E-state index contributed by atoms with van der Waals surface area (Å²) >= 11 is 0. The number of rotatable bonds is 4. The van der Waals surface area contributed by atoms with E-state index in [0.717, 1.165) is 12.0 Å². The Bertz CT molecular complexity index is 1160. The maximum absolute atomic E-state index is 13.5. The molecule has 4 aliphatic rings. The highest BCUT2D eigenvalue weighted by Crippen LogP contribution is 2.72. The summed E-state index contributed by atoms with van der Waals surface area (Å²) in [6.07, 6.45) is 0.666. The van der Waals surface area contributed by atoms with Crippen LogP contribution < -0.4 is 5.32 Å². The van der Waals surface area contributed by atoms with Gasteiger partial charge in [-0.3, -0.25) is 0 Å². The van der Waals surface area contributed by atoms with Crippen molar-refractivity contribution >= 4 is 11.7 Å². The number of hydrogen-bond acceptors (Lipinski definition) is 7. The van der Waals surface area contributed by atoms with Crippen molar-refractivity contribution in [1.29, 1.82) is 0 Å². The summed E-state index contributed by atoms with van der Waals surface area (Å²) in [7, 11) is 1.72. The fourth-order valence-electron chi connectivity index (χ4n) is 8.22. The smallest absolute Gasteiger partial charge is 0.341 e. The van der Waals surface area contributed by atoms with Crippen LogP contribution in [0.5, 0.6) is 0 Å². The highest BCUT2D eigenvalue weighted by atomic mass is 16.6. The monoisotopic (exact) mass is 497 g/mol. The maximum atomic E-state index is 13.5. The number of benzene rings is 1. The average molecular weight is 498 g/mol. The molecule has 9 unspecified atom stereocenters. The molecule has 0 radical (unpaired) electrons. The van der Waals surface area contributed by atoms with E-state index >= 15 is 0 Å². The maximum Gasteiger partial charge on any atom is 0.341 e. The number of esters is 1. The number of carbonyl (C=O) groups is 1. The minimum absolute atomic E-state index is 0.0175. The topological polar surface area (TPSA) is 119 Å². The molecule has 4 aliphatic carbocycles. The van der Waals surface area contributed by atoms with Gasteiger partial charge in [0.1, 0.15) is 11.7 Å². The van der Waals surface area contributed by atoms with E-state index in [1.807, 2.05) is 32.1 Å². The molecule has 0 saturated heterocycles. The lowest BCUT2D eigenvalue weighted by molar-refractivity contribution is -0.215. The predicted octanol–water partition coefficient (Wildman–Crippen LogP) is 2.82. The van der Waals surface area contributed by atoms with Gasteiger partial charge in [-0.25, -0.2) is 4.79 Å². The number of aliphatic hydroxyl groups is 4. The molecule has 5 rings (SSSR count). The van der Waals surface area contributed by atoms with Gasteiger partial charge >= 0.3 is 5.97 Å². The SMILES string of the molecule is CNc1cccc(C)c1C(=O)OC1C(C)=CC23C(C)CC4C(C(C=C(CO)C(O)C12O)C3O)C4(C)C. The first-order chi connectivity index (χ1) is 16.9. The largest absolute Gasteiger partial charge is 0.451 e. The van der Waals surface area contributed by atoms with Gasteiger partial charge in [-0.1, -0.05) is 45.1 Å². The van der Waals surface area contributed by atoms with Crippen LogP contribution >= 0.6 is 0 Å². The van der Waals surface area contributed by atoms with Gasteiger partial charge in [-0.15, -0.1) is 0 Å². The Kier molecular flexibility index (Phi) is 5.77. The normalized spacial score (nSPS) is 42.2. The van der Waals surface area contributed by atoms with Crippen molar-refractivity contribution in [3.63, 3.8) is 0 Å². The van der Waals surface area contributed by atoms with Crippen LogP contribution in [0.1, 0.15) is 50.0 Å². The first-order valence-electron chi connectivity index (χ1n) is 13.0. The van der Waals surface area contributed by atoms with E-state index in [-0.39, 0.29) is 28.7 Å². The molecule has 2 fully saturated rings. The lowest BCUT2D eigenvalue weighted by Crippen LogP contribution is -2.66. The van der Waals surface area contributed by atoms with Crippen molar-refractivity contribution in [2.45, 2.75) is 65.0 Å². The Labute approximate surface area is 212 Å². The Balaban J connectivity index is 1.63. The van der Waals surface area contributed by atoms with Gasteiger partial charge in [-0.2, -0.15) is 0 Å². The highest BCUT2D eigenvalue weighted by molar-refractivity contribution is 5.97. The second-order valence-corrected chi connectivity index (χ2v) is 12.1. The Hall–Kier alpha value is -2.19. The summed E-state index contributed by atoms with van der Waals surface area (Å²) in [5, 5.41) is 49.6. The highest BCUT2D eigenvalue weighted by Gasteiger charge is 2.76.